The second-order valence-corrected chi connectivity index (χ2v) is 10.5. The molecule has 3 aromatic rings. The van der Waals surface area contributed by atoms with E-state index in [-0.39, 0.29) is 11.6 Å². The van der Waals surface area contributed by atoms with Crippen LogP contribution < -0.4 is 15.8 Å². The topological polar surface area (TPSA) is 115 Å². The number of nitrogens with two attached hydrogens (primary N) is 2. The van der Waals surface area contributed by atoms with E-state index in [0.29, 0.717) is 29.3 Å². The highest BCUT2D eigenvalue weighted by Crippen LogP contribution is 2.34. The summed E-state index contributed by atoms with van der Waals surface area (Å²) in [5.41, 5.74) is 18.8. The zero-order valence-electron chi connectivity index (χ0n) is 23.0. The molecule has 9 heteroatoms. The molecule has 3 heterocycles. The number of allylic oxidation sites excluding steroid dienone is 6. The molecule has 0 saturated carbocycles. The molecule has 1 fully saturated rings. The van der Waals surface area contributed by atoms with Crippen molar-refractivity contribution in [3.8, 4) is 0 Å². The molecule has 204 valence electrons. The van der Waals surface area contributed by atoms with Gasteiger partial charge >= 0.3 is 0 Å². The third-order valence-corrected chi connectivity index (χ3v) is 7.87. The normalized spacial score (nSPS) is 15.3. The monoisotopic (exact) mass is 544 g/mol. The molecule has 0 aliphatic carbocycles. The minimum Gasteiger partial charge on any atom is -0.490 e. The fourth-order valence-corrected chi connectivity index (χ4v) is 5.46. The van der Waals surface area contributed by atoms with E-state index in [1.165, 1.54) is 34.8 Å². The number of nitrogen functional groups attached to an aromatic ring is 1. The van der Waals surface area contributed by atoms with Gasteiger partial charge in [0.05, 0.1) is 28.8 Å². The van der Waals surface area contributed by atoms with E-state index in [9.17, 15) is 4.79 Å². The summed E-state index contributed by atoms with van der Waals surface area (Å²) in [6, 6.07) is 6.09. The van der Waals surface area contributed by atoms with Gasteiger partial charge in [-0.05, 0) is 93.6 Å². The number of fused-ring (bicyclic) bond motifs is 1. The van der Waals surface area contributed by atoms with Gasteiger partial charge in [0.25, 0.3) is 0 Å². The summed E-state index contributed by atoms with van der Waals surface area (Å²) in [6.45, 7) is 13.1. The van der Waals surface area contributed by atoms with Crippen molar-refractivity contribution in [2.45, 2.75) is 34.1 Å². The van der Waals surface area contributed by atoms with Crippen LogP contribution in [0.3, 0.4) is 0 Å². The summed E-state index contributed by atoms with van der Waals surface area (Å²) in [5.74, 6) is 1.77. The Morgan fingerprint density at radius 2 is 2.10 bits per heavy atom. The molecule has 8 nitrogen and oxygen atoms in total. The van der Waals surface area contributed by atoms with Crippen LogP contribution in [0.5, 0.6) is 0 Å². The number of nitrogens with zero attached hydrogens (tertiary/aromatic N) is 3. The fourth-order valence-electron chi connectivity index (χ4n) is 4.39. The lowest BCUT2D eigenvalue weighted by molar-refractivity contribution is 0.103. The summed E-state index contributed by atoms with van der Waals surface area (Å²) in [6.07, 6.45) is 11.5. The van der Waals surface area contributed by atoms with Gasteiger partial charge in [-0.3, -0.25) is 4.79 Å². The molecule has 0 spiro atoms. The van der Waals surface area contributed by atoms with Gasteiger partial charge < -0.3 is 25.5 Å². The minimum absolute atomic E-state index is 0.213. The van der Waals surface area contributed by atoms with Crippen molar-refractivity contribution in [2.24, 2.45) is 5.73 Å². The number of carbonyl (C=O) groups is 1. The Morgan fingerprint density at radius 1 is 1.31 bits per heavy atom. The highest BCUT2D eigenvalue weighted by Gasteiger charge is 2.22. The number of hydrogen-bond acceptors (Lipinski definition) is 7. The maximum Gasteiger partial charge on any atom is 0.214 e. The average Bonchev–Trinajstić information content (AvgIpc) is 3.68. The maximum atomic E-state index is 13.5. The highest BCUT2D eigenvalue weighted by molar-refractivity contribution is 8.00. The number of H-pyrrole nitrogens is 1. The van der Waals surface area contributed by atoms with Crippen LogP contribution in [0.15, 0.2) is 78.4 Å². The summed E-state index contributed by atoms with van der Waals surface area (Å²) in [7, 11) is 0. The molecule has 0 unspecified atom stereocenters. The van der Waals surface area contributed by atoms with Crippen LogP contribution in [0.1, 0.15) is 48.8 Å². The Labute approximate surface area is 233 Å². The summed E-state index contributed by atoms with van der Waals surface area (Å²) >= 11 is 1.84. The number of benzene rings is 1. The Morgan fingerprint density at radius 3 is 2.77 bits per heavy atom. The maximum absolute atomic E-state index is 13.5. The third-order valence-electron chi connectivity index (χ3n) is 6.71. The first-order valence-corrected chi connectivity index (χ1v) is 13.8. The quantitative estimate of drug-likeness (QED) is 0.122. The first kappa shape index (κ1) is 27.9. The molecule has 0 atom stereocenters. The van der Waals surface area contributed by atoms with Gasteiger partial charge in [-0.1, -0.05) is 18.2 Å². The molecule has 1 aliphatic heterocycles. The van der Waals surface area contributed by atoms with Gasteiger partial charge in [-0.15, -0.1) is 0 Å². The molecular formula is C30H36N6O2S. The smallest absolute Gasteiger partial charge is 0.214 e. The first-order chi connectivity index (χ1) is 18.8. The predicted molar refractivity (Wildman–Crippen MR) is 163 cm³/mol. The van der Waals surface area contributed by atoms with E-state index in [1.54, 1.807) is 6.08 Å². The molecule has 1 aliphatic rings. The van der Waals surface area contributed by atoms with Crippen LogP contribution >= 0.6 is 11.9 Å². The fraction of sp³-hybridized carbons (Fsp3) is 0.267. The highest BCUT2D eigenvalue weighted by atomic mass is 32.2. The van der Waals surface area contributed by atoms with Gasteiger partial charge in [0.2, 0.25) is 5.78 Å². The standard InChI is InChI=1S/C30H36N6O2S/c1-6-19(3)13-23(7-2)38-11-9-20(4)28(17-31)36-30(32)24(18-33-36)29(37)26-15-22-14-21(5)27(16-25(22)34-26)35-10-8-12-39-35/h6-7,9,13-18,34H,2,8,10-12,31-32H2,1,3-5H3/b19-6-,20-9-,23-13+,28-17+. The van der Waals surface area contributed by atoms with E-state index >= 15 is 0 Å². The zero-order valence-corrected chi connectivity index (χ0v) is 23.8. The van der Waals surface area contributed by atoms with Crippen molar-refractivity contribution in [1.29, 1.82) is 0 Å². The van der Waals surface area contributed by atoms with Crippen LogP contribution in [0.4, 0.5) is 11.5 Å². The van der Waals surface area contributed by atoms with Crippen molar-refractivity contribution >= 4 is 45.8 Å². The number of hydrogen-bond donors (Lipinski definition) is 3. The second-order valence-electron chi connectivity index (χ2n) is 9.42. The molecule has 5 N–H and O–H groups in total. The zero-order chi connectivity index (χ0) is 28.1. The predicted octanol–water partition coefficient (Wildman–Crippen LogP) is 6.10. The molecular weight excluding hydrogens is 508 g/mol. The van der Waals surface area contributed by atoms with Gasteiger partial charge in [0.1, 0.15) is 18.2 Å². The Bertz CT molecular complexity index is 1520. The van der Waals surface area contributed by atoms with Crippen molar-refractivity contribution in [3.63, 3.8) is 0 Å². The van der Waals surface area contributed by atoms with Gasteiger partial charge in [0.15, 0.2) is 0 Å². The molecule has 39 heavy (non-hydrogen) atoms. The lowest BCUT2D eigenvalue weighted by atomic mass is 10.1. The van der Waals surface area contributed by atoms with E-state index in [4.69, 9.17) is 16.2 Å². The molecule has 0 amide bonds. The summed E-state index contributed by atoms with van der Waals surface area (Å²) in [4.78, 5) is 16.8. The van der Waals surface area contributed by atoms with Gasteiger partial charge in [-0.2, -0.15) is 5.10 Å². The third kappa shape index (κ3) is 5.98. The largest absolute Gasteiger partial charge is 0.490 e. The first-order valence-electron chi connectivity index (χ1n) is 12.9. The summed E-state index contributed by atoms with van der Waals surface area (Å²) < 4.78 is 9.60. The Kier molecular flexibility index (Phi) is 8.71. The van der Waals surface area contributed by atoms with E-state index in [2.05, 4.69) is 40.0 Å². The second kappa shape index (κ2) is 12.2. The summed E-state index contributed by atoms with van der Waals surface area (Å²) in [5, 5.41) is 5.36. The SMILES string of the molecule is C=C/C(=C\C(C)=C/C)OC/C=C(C)\C(=C/N)n1ncc(C(=O)c2cc3cc(C)c(N4CCCS4)cc3[nH]2)c1N. The molecule has 1 saturated heterocycles. The number of aromatic amines is 1. The van der Waals surface area contributed by atoms with Crippen LogP contribution in [-0.4, -0.2) is 39.5 Å². The molecule has 2 aromatic heterocycles. The number of nitrogens with one attached hydrogen (secondary N) is 1. The molecule has 4 rings (SSSR count). The average molecular weight is 545 g/mol. The number of ketones is 1. The van der Waals surface area contributed by atoms with E-state index < -0.39 is 0 Å². The van der Waals surface area contributed by atoms with Crippen LogP contribution in [0, 0.1) is 6.92 Å². The van der Waals surface area contributed by atoms with Crippen LogP contribution in [-0.2, 0) is 4.74 Å². The molecule has 1 aromatic carbocycles. The van der Waals surface area contributed by atoms with Crippen molar-refractivity contribution in [2.75, 3.05) is 28.9 Å². The Balaban J connectivity index is 1.55. The van der Waals surface area contributed by atoms with Crippen molar-refractivity contribution in [3.05, 3.63) is 95.2 Å². The number of carbonyl (C=O) groups excluding carboxylic acids is 1. The lowest BCUT2D eigenvalue weighted by Gasteiger charge is -2.18. The minimum atomic E-state index is -0.230. The van der Waals surface area contributed by atoms with Crippen LogP contribution in [0.25, 0.3) is 16.6 Å². The van der Waals surface area contributed by atoms with E-state index in [1.807, 2.05) is 57.0 Å². The van der Waals surface area contributed by atoms with Gasteiger partial charge in [0, 0.05) is 29.4 Å². The number of anilines is 2. The van der Waals surface area contributed by atoms with E-state index in [0.717, 1.165) is 34.3 Å². The number of aryl methyl sites for hydroxylation is 1. The van der Waals surface area contributed by atoms with Crippen molar-refractivity contribution < 1.29 is 9.53 Å². The number of aromatic nitrogens is 3. The van der Waals surface area contributed by atoms with Gasteiger partial charge in [-0.25, -0.2) is 4.68 Å². The van der Waals surface area contributed by atoms with Crippen LogP contribution in [0.2, 0.25) is 0 Å². The van der Waals surface area contributed by atoms with Crippen molar-refractivity contribution in [1.82, 2.24) is 14.8 Å². The number of ether oxygens (including phenoxy) is 1. The molecule has 0 radical (unpaired) electrons. The molecule has 0 bridgehead atoms. The number of rotatable bonds is 10. The Hall–Kier alpha value is -4.11. The lowest BCUT2D eigenvalue weighted by Crippen LogP contribution is -2.10.